The summed E-state index contributed by atoms with van der Waals surface area (Å²) < 4.78 is 0. The third-order valence-electron chi connectivity index (χ3n) is 3.50. The van der Waals surface area contributed by atoms with E-state index in [1.54, 1.807) is 0 Å². The van der Waals surface area contributed by atoms with E-state index in [0.29, 0.717) is 5.92 Å². The van der Waals surface area contributed by atoms with Gasteiger partial charge in [0.1, 0.15) is 0 Å². The molecular formula is C15H25NO. The van der Waals surface area contributed by atoms with Crippen molar-refractivity contribution in [3.8, 4) is 0 Å². The molecule has 17 heavy (non-hydrogen) atoms. The third-order valence-corrected chi connectivity index (χ3v) is 3.50. The molecule has 0 aliphatic rings. The average molecular weight is 235 g/mol. The van der Waals surface area contributed by atoms with Crippen LogP contribution in [0.4, 0.5) is 0 Å². The summed E-state index contributed by atoms with van der Waals surface area (Å²) in [6, 6.07) is 9.98. The molecule has 0 saturated carbocycles. The van der Waals surface area contributed by atoms with Gasteiger partial charge in [0.05, 0.1) is 6.10 Å². The van der Waals surface area contributed by atoms with Gasteiger partial charge in [0.15, 0.2) is 0 Å². The molecule has 0 bridgehead atoms. The molecule has 0 saturated heterocycles. The third kappa shape index (κ3) is 4.14. The van der Waals surface area contributed by atoms with Crippen molar-refractivity contribution in [1.29, 1.82) is 0 Å². The van der Waals surface area contributed by atoms with Gasteiger partial charge in [-0.1, -0.05) is 51.1 Å². The molecule has 0 unspecified atom stereocenters. The van der Waals surface area contributed by atoms with E-state index in [1.165, 1.54) is 0 Å². The molecule has 0 aromatic heterocycles. The summed E-state index contributed by atoms with van der Waals surface area (Å²) in [6.07, 6.45) is 0.661. The Labute approximate surface area is 105 Å². The van der Waals surface area contributed by atoms with E-state index in [9.17, 15) is 5.11 Å². The Morgan fingerprint density at radius 2 is 1.65 bits per heavy atom. The van der Waals surface area contributed by atoms with E-state index < -0.39 is 0 Å². The van der Waals surface area contributed by atoms with E-state index in [1.807, 2.05) is 30.3 Å². The van der Waals surface area contributed by atoms with Gasteiger partial charge in [-0.25, -0.2) is 0 Å². The Morgan fingerprint density at radius 1 is 1.06 bits per heavy atom. The second-order valence-electron chi connectivity index (χ2n) is 4.51. The van der Waals surface area contributed by atoms with E-state index in [-0.39, 0.29) is 6.10 Å². The number of nitrogens with zero attached hydrogens (tertiary/aromatic N) is 1. The van der Waals surface area contributed by atoms with Crippen molar-refractivity contribution in [3.63, 3.8) is 0 Å². The number of aliphatic hydroxyl groups excluding tert-OH is 1. The largest absolute Gasteiger partial charge is 0.388 e. The Bertz CT molecular complexity index is 295. The molecule has 2 atom stereocenters. The number of rotatable bonds is 7. The lowest BCUT2D eigenvalue weighted by Crippen LogP contribution is -2.31. The lowest BCUT2D eigenvalue weighted by atomic mass is 9.93. The molecule has 1 aromatic rings. The predicted octanol–water partition coefficient (Wildman–Crippen LogP) is 3.09. The molecule has 0 spiro atoms. The van der Waals surface area contributed by atoms with Crippen LogP contribution in [0, 0.1) is 5.92 Å². The van der Waals surface area contributed by atoms with Crippen LogP contribution in [0.2, 0.25) is 0 Å². The first kappa shape index (κ1) is 14.2. The smallest absolute Gasteiger partial charge is 0.0830 e. The maximum atomic E-state index is 10.4. The fourth-order valence-corrected chi connectivity index (χ4v) is 2.19. The first-order chi connectivity index (χ1) is 8.22. The van der Waals surface area contributed by atoms with E-state index in [2.05, 4.69) is 25.7 Å². The molecule has 2 nitrogen and oxygen atoms in total. The normalized spacial score (nSPS) is 14.9. The first-order valence-electron chi connectivity index (χ1n) is 6.68. The molecule has 0 amide bonds. The SMILES string of the molecule is CC[C@@H](CN(CC)CC)[C@H](O)c1ccccc1. The Hall–Kier alpha value is -0.860. The Kier molecular flexibility index (Phi) is 6.23. The summed E-state index contributed by atoms with van der Waals surface area (Å²) >= 11 is 0. The summed E-state index contributed by atoms with van der Waals surface area (Å²) in [6.45, 7) is 9.57. The van der Waals surface area contributed by atoms with Crippen molar-refractivity contribution in [2.24, 2.45) is 5.92 Å². The van der Waals surface area contributed by atoms with Crippen LogP contribution in [0.25, 0.3) is 0 Å². The molecule has 96 valence electrons. The predicted molar refractivity (Wildman–Crippen MR) is 73.0 cm³/mol. The van der Waals surface area contributed by atoms with E-state index >= 15 is 0 Å². The highest BCUT2D eigenvalue weighted by atomic mass is 16.3. The van der Waals surface area contributed by atoms with Crippen LogP contribution in [-0.2, 0) is 0 Å². The summed E-state index contributed by atoms with van der Waals surface area (Å²) in [5.41, 5.74) is 1.03. The van der Waals surface area contributed by atoms with Crippen molar-refractivity contribution in [2.45, 2.75) is 33.3 Å². The van der Waals surface area contributed by atoms with E-state index in [0.717, 1.165) is 31.6 Å². The number of hydrogen-bond acceptors (Lipinski definition) is 2. The van der Waals surface area contributed by atoms with Crippen LogP contribution >= 0.6 is 0 Å². The van der Waals surface area contributed by atoms with Gasteiger partial charge in [0.2, 0.25) is 0 Å². The molecule has 1 rings (SSSR count). The molecular weight excluding hydrogens is 210 g/mol. The fourth-order valence-electron chi connectivity index (χ4n) is 2.19. The van der Waals surface area contributed by atoms with Crippen LogP contribution in [0.1, 0.15) is 38.9 Å². The van der Waals surface area contributed by atoms with Gasteiger partial charge in [-0.05, 0) is 25.1 Å². The van der Waals surface area contributed by atoms with Crippen molar-refractivity contribution in [2.75, 3.05) is 19.6 Å². The quantitative estimate of drug-likeness (QED) is 0.785. The maximum Gasteiger partial charge on any atom is 0.0830 e. The molecule has 0 aliphatic carbocycles. The summed E-state index contributed by atoms with van der Waals surface area (Å²) in [7, 11) is 0. The van der Waals surface area contributed by atoms with Gasteiger partial charge in [-0.3, -0.25) is 0 Å². The molecule has 0 heterocycles. The van der Waals surface area contributed by atoms with Gasteiger partial charge in [-0.15, -0.1) is 0 Å². The first-order valence-corrected chi connectivity index (χ1v) is 6.68. The molecule has 1 N–H and O–H groups in total. The van der Waals surface area contributed by atoms with Gasteiger partial charge < -0.3 is 10.0 Å². The standard InChI is InChI=1S/C15H25NO/c1-4-13(12-16(5-2)6-3)15(17)14-10-8-7-9-11-14/h7-11,13,15,17H,4-6,12H2,1-3H3/t13-,15-/m0/s1. The highest BCUT2D eigenvalue weighted by Crippen LogP contribution is 2.25. The molecule has 0 fully saturated rings. The summed E-state index contributed by atoms with van der Waals surface area (Å²) in [5.74, 6) is 0.317. The zero-order chi connectivity index (χ0) is 12.7. The number of benzene rings is 1. The summed E-state index contributed by atoms with van der Waals surface area (Å²) in [5, 5.41) is 10.4. The van der Waals surface area contributed by atoms with Gasteiger partial charge in [0, 0.05) is 12.5 Å². The molecule has 1 aromatic carbocycles. The maximum absolute atomic E-state index is 10.4. The topological polar surface area (TPSA) is 23.5 Å². The van der Waals surface area contributed by atoms with Crippen molar-refractivity contribution >= 4 is 0 Å². The Balaban J connectivity index is 2.67. The van der Waals surface area contributed by atoms with Crippen molar-refractivity contribution in [3.05, 3.63) is 35.9 Å². The van der Waals surface area contributed by atoms with Crippen LogP contribution < -0.4 is 0 Å². The second-order valence-corrected chi connectivity index (χ2v) is 4.51. The van der Waals surface area contributed by atoms with Gasteiger partial charge in [-0.2, -0.15) is 0 Å². The average Bonchev–Trinajstić information content (AvgIpc) is 2.40. The summed E-state index contributed by atoms with van der Waals surface area (Å²) in [4.78, 5) is 2.38. The van der Waals surface area contributed by atoms with Crippen LogP contribution in [0.5, 0.6) is 0 Å². The van der Waals surface area contributed by atoms with Crippen LogP contribution in [-0.4, -0.2) is 29.6 Å². The lowest BCUT2D eigenvalue weighted by Gasteiger charge is -2.28. The molecule has 2 heteroatoms. The minimum atomic E-state index is -0.346. The number of hydrogen-bond donors (Lipinski definition) is 1. The van der Waals surface area contributed by atoms with Gasteiger partial charge >= 0.3 is 0 Å². The highest BCUT2D eigenvalue weighted by Gasteiger charge is 2.20. The van der Waals surface area contributed by atoms with Crippen molar-refractivity contribution in [1.82, 2.24) is 4.90 Å². The number of aliphatic hydroxyl groups is 1. The zero-order valence-electron chi connectivity index (χ0n) is 11.3. The minimum Gasteiger partial charge on any atom is -0.388 e. The fraction of sp³-hybridized carbons (Fsp3) is 0.600. The van der Waals surface area contributed by atoms with Crippen LogP contribution in [0.15, 0.2) is 30.3 Å². The second kappa shape index (κ2) is 7.46. The van der Waals surface area contributed by atoms with E-state index in [4.69, 9.17) is 0 Å². The molecule has 0 aliphatic heterocycles. The van der Waals surface area contributed by atoms with Crippen molar-refractivity contribution < 1.29 is 5.11 Å². The highest BCUT2D eigenvalue weighted by molar-refractivity contribution is 5.18. The lowest BCUT2D eigenvalue weighted by molar-refractivity contribution is 0.0790. The monoisotopic (exact) mass is 235 g/mol. The van der Waals surface area contributed by atoms with Gasteiger partial charge in [0.25, 0.3) is 0 Å². The zero-order valence-corrected chi connectivity index (χ0v) is 11.3. The minimum absolute atomic E-state index is 0.317. The Morgan fingerprint density at radius 3 is 2.12 bits per heavy atom. The van der Waals surface area contributed by atoms with Crippen LogP contribution in [0.3, 0.4) is 0 Å². The molecule has 0 radical (unpaired) electrons.